The largest absolute Gasteiger partial charge is 0.383 e. The lowest BCUT2D eigenvalue weighted by Gasteiger charge is -2.20. The maximum absolute atomic E-state index is 11.7. The maximum Gasteiger partial charge on any atom is 0.239 e. The molecule has 0 fully saturated rings. The molecule has 20 heavy (non-hydrogen) atoms. The molecule has 0 saturated heterocycles. The summed E-state index contributed by atoms with van der Waals surface area (Å²) in [6, 6.07) is 1.51. The fourth-order valence-corrected chi connectivity index (χ4v) is 2.02. The van der Waals surface area contributed by atoms with Crippen LogP contribution in [0, 0.1) is 0 Å². The number of ether oxygens (including phenoxy) is 1. The third-order valence-electron chi connectivity index (χ3n) is 2.42. The molecule has 1 rings (SSSR count). The number of nitrogen functional groups attached to an aromatic ring is 1. The Hall–Kier alpha value is -1.28. The number of hydrazine groups is 1. The third-order valence-corrected chi connectivity index (χ3v) is 2.98. The lowest BCUT2D eigenvalue weighted by atomic mass is 10.4. The monoisotopic (exact) mass is 321 g/mol. The fraction of sp³-hybridized carbons (Fsp3) is 0.455. The van der Waals surface area contributed by atoms with Crippen molar-refractivity contribution >= 4 is 40.7 Å². The predicted octanol–water partition coefficient (Wildman–Crippen LogP) is 0.873. The van der Waals surface area contributed by atoms with Crippen LogP contribution in [0.15, 0.2) is 6.07 Å². The number of methoxy groups -OCH3 is 1. The Kier molecular flexibility index (Phi) is 6.80. The second-order valence-corrected chi connectivity index (χ2v) is 4.78. The first kappa shape index (κ1) is 16.8. The van der Waals surface area contributed by atoms with Gasteiger partial charge in [0.25, 0.3) is 0 Å². The number of hydrogen-bond acceptors (Lipinski definition) is 6. The van der Waals surface area contributed by atoms with E-state index in [1.54, 1.807) is 19.1 Å². The van der Waals surface area contributed by atoms with E-state index in [0.717, 1.165) is 0 Å². The molecule has 0 aromatic carbocycles. The van der Waals surface area contributed by atoms with Crippen molar-refractivity contribution in [2.45, 2.75) is 0 Å². The van der Waals surface area contributed by atoms with Crippen molar-refractivity contribution in [3.05, 3.63) is 16.1 Å². The van der Waals surface area contributed by atoms with Crippen LogP contribution in [0.25, 0.3) is 0 Å². The number of hydrogen-bond donors (Lipinski definition) is 3. The molecule has 0 aliphatic heterocycles. The summed E-state index contributed by atoms with van der Waals surface area (Å²) in [6.45, 7) is 0.999. The van der Waals surface area contributed by atoms with Crippen molar-refractivity contribution < 1.29 is 9.53 Å². The lowest BCUT2D eigenvalue weighted by molar-refractivity contribution is -0.119. The molecule has 0 atom stereocenters. The molecule has 0 spiro atoms. The van der Waals surface area contributed by atoms with Gasteiger partial charge in [0.15, 0.2) is 5.82 Å². The molecule has 0 unspecified atom stereocenters. The van der Waals surface area contributed by atoms with Crippen LogP contribution < -0.4 is 21.5 Å². The molecule has 0 aliphatic rings. The first-order valence-electron chi connectivity index (χ1n) is 5.79. The summed E-state index contributed by atoms with van der Waals surface area (Å²) >= 11 is 12.0. The number of nitrogens with two attached hydrogens (primary N) is 1. The highest BCUT2D eigenvalue weighted by Crippen LogP contribution is 2.30. The SMILES string of the molecule is COCCNC(=O)CN(C)c1nc(NN)c(Cl)cc1Cl. The van der Waals surface area contributed by atoms with Crippen molar-refractivity contribution in [3.63, 3.8) is 0 Å². The predicted molar refractivity (Wildman–Crippen MR) is 80.2 cm³/mol. The zero-order valence-electron chi connectivity index (χ0n) is 11.2. The molecule has 0 aliphatic carbocycles. The molecule has 0 bridgehead atoms. The third kappa shape index (κ3) is 4.68. The molecule has 0 saturated carbocycles. The number of likely N-dealkylation sites (N-methyl/N-ethyl adjacent to an activating group) is 1. The van der Waals surface area contributed by atoms with E-state index in [4.69, 9.17) is 33.8 Å². The van der Waals surface area contributed by atoms with Gasteiger partial charge in [-0.15, -0.1) is 0 Å². The van der Waals surface area contributed by atoms with Crippen LogP contribution in [0.4, 0.5) is 11.6 Å². The van der Waals surface area contributed by atoms with Crippen LogP contribution in [0.3, 0.4) is 0 Å². The van der Waals surface area contributed by atoms with Gasteiger partial charge in [-0.1, -0.05) is 23.2 Å². The van der Waals surface area contributed by atoms with E-state index in [2.05, 4.69) is 15.7 Å². The number of nitrogens with zero attached hydrogens (tertiary/aromatic N) is 2. The van der Waals surface area contributed by atoms with Gasteiger partial charge in [-0.25, -0.2) is 10.8 Å². The van der Waals surface area contributed by atoms with Gasteiger partial charge in [0, 0.05) is 20.7 Å². The van der Waals surface area contributed by atoms with Crippen LogP contribution in [0.1, 0.15) is 0 Å². The Balaban J connectivity index is 2.72. The van der Waals surface area contributed by atoms with E-state index in [1.807, 2.05) is 0 Å². The first-order chi connectivity index (χ1) is 9.49. The molecule has 1 aromatic heterocycles. The summed E-state index contributed by atoms with van der Waals surface area (Å²) in [6.07, 6.45) is 0. The van der Waals surface area contributed by atoms with Gasteiger partial charge in [0.1, 0.15) is 5.82 Å². The zero-order valence-corrected chi connectivity index (χ0v) is 12.8. The molecule has 1 heterocycles. The number of anilines is 2. The van der Waals surface area contributed by atoms with Crippen molar-refractivity contribution in [1.29, 1.82) is 0 Å². The number of aromatic nitrogens is 1. The summed E-state index contributed by atoms with van der Waals surface area (Å²) in [5.74, 6) is 5.83. The number of rotatable bonds is 7. The Morgan fingerprint density at radius 3 is 2.80 bits per heavy atom. The summed E-state index contributed by atoms with van der Waals surface area (Å²) < 4.78 is 4.85. The van der Waals surface area contributed by atoms with Crippen LogP contribution in [-0.4, -0.2) is 44.7 Å². The van der Waals surface area contributed by atoms with E-state index in [1.165, 1.54) is 6.07 Å². The van der Waals surface area contributed by atoms with E-state index in [0.29, 0.717) is 29.0 Å². The molecule has 4 N–H and O–H groups in total. The molecule has 9 heteroatoms. The Morgan fingerprint density at radius 2 is 2.20 bits per heavy atom. The van der Waals surface area contributed by atoms with Crippen molar-refractivity contribution in [2.24, 2.45) is 5.84 Å². The minimum atomic E-state index is -0.167. The summed E-state index contributed by atoms with van der Waals surface area (Å²) in [7, 11) is 3.26. The van der Waals surface area contributed by atoms with E-state index in [-0.39, 0.29) is 18.3 Å². The standard InChI is InChI=1S/C11H17Cl2N5O2/c1-18(6-9(19)15-3-4-20-2)11-8(13)5-7(12)10(16-11)17-14/h5H,3-4,6,14H2,1-2H3,(H,15,19)(H,16,17). The summed E-state index contributed by atoms with van der Waals surface area (Å²) in [4.78, 5) is 17.4. The fourth-order valence-electron chi connectivity index (χ4n) is 1.46. The van der Waals surface area contributed by atoms with Crippen LogP contribution >= 0.6 is 23.2 Å². The molecular weight excluding hydrogens is 305 g/mol. The second-order valence-electron chi connectivity index (χ2n) is 3.97. The topological polar surface area (TPSA) is 92.5 Å². The Morgan fingerprint density at radius 1 is 1.50 bits per heavy atom. The van der Waals surface area contributed by atoms with Gasteiger partial charge in [0.05, 0.1) is 23.2 Å². The van der Waals surface area contributed by atoms with E-state index >= 15 is 0 Å². The van der Waals surface area contributed by atoms with E-state index in [9.17, 15) is 4.79 Å². The molecule has 1 aromatic rings. The van der Waals surface area contributed by atoms with Crippen LogP contribution in [0.2, 0.25) is 10.0 Å². The highest BCUT2D eigenvalue weighted by atomic mass is 35.5. The molecule has 1 amide bonds. The first-order valence-corrected chi connectivity index (χ1v) is 6.54. The van der Waals surface area contributed by atoms with Crippen molar-refractivity contribution in [3.8, 4) is 0 Å². The van der Waals surface area contributed by atoms with Gasteiger partial charge in [-0.2, -0.15) is 0 Å². The average molecular weight is 322 g/mol. The summed E-state index contributed by atoms with van der Waals surface area (Å²) in [5.41, 5.74) is 2.37. The summed E-state index contributed by atoms with van der Waals surface area (Å²) in [5, 5.41) is 3.34. The number of halogens is 2. The van der Waals surface area contributed by atoms with E-state index < -0.39 is 0 Å². The Bertz CT molecular complexity index is 472. The highest BCUT2D eigenvalue weighted by molar-refractivity contribution is 6.37. The van der Waals surface area contributed by atoms with Crippen molar-refractivity contribution in [1.82, 2.24) is 10.3 Å². The van der Waals surface area contributed by atoms with Gasteiger partial charge < -0.3 is 20.4 Å². The zero-order chi connectivity index (χ0) is 15.1. The Labute approximate surface area is 127 Å². The lowest BCUT2D eigenvalue weighted by Crippen LogP contribution is -2.37. The molecule has 0 radical (unpaired) electrons. The number of carbonyl (C=O) groups is 1. The molecule has 112 valence electrons. The number of pyridine rings is 1. The van der Waals surface area contributed by atoms with Gasteiger partial charge in [-0.05, 0) is 6.07 Å². The maximum atomic E-state index is 11.7. The van der Waals surface area contributed by atoms with Crippen molar-refractivity contribution in [2.75, 3.05) is 44.2 Å². The van der Waals surface area contributed by atoms with Crippen LogP contribution in [-0.2, 0) is 9.53 Å². The highest BCUT2D eigenvalue weighted by Gasteiger charge is 2.14. The molecule has 7 nitrogen and oxygen atoms in total. The number of nitrogens with one attached hydrogen (secondary N) is 2. The van der Waals surface area contributed by atoms with Gasteiger partial charge in [-0.3, -0.25) is 4.79 Å². The number of carbonyl (C=O) groups excluding carboxylic acids is 1. The minimum Gasteiger partial charge on any atom is -0.383 e. The second kappa shape index (κ2) is 8.11. The average Bonchev–Trinajstić information content (AvgIpc) is 2.39. The smallest absolute Gasteiger partial charge is 0.239 e. The quantitative estimate of drug-likeness (QED) is 0.392. The van der Waals surface area contributed by atoms with Gasteiger partial charge >= 0.3 is 0 Å². The molecular formula is C11H17Cl2N5O2. The normalized spacial score (nSPS) is 10.2. The minimum absolute atomic E-state index is 0.0993. The van der Waals surface area contributed by atoms with Crippen LogP contribution in [0.5, 0.6) is 0 Å². The van der Waals surface area contributed by atoms with Gasteiger partial charge in [0.2, 0.25) is 5.91 Å². The number of amides is 1.